The number of ether oxygens (including phenoxy) is 11. The standard InChI is InChI=1S/C50H70F4N4O13S/c1-3-42(55)44-32-39(33-45-43(57-44)9-31-72-45)50(60)56-35-37-4-6-38(7-5-37)36-58(2)10-12-62-14-16-64-18-20-66-22-24-68-26-28-70-30-29-69-27-25-67-23-21-65-19-17-63-15-13-61-11-8-46(59)71-49-47(53)40(51)34-41(52)48(49)54/h4-7,9,31,33-34,42H,3,8,10-30,32,35-36,55H2,1-2H3,(H,56,60). The zero-order valence-electron chi connectivity index (χ0n) is 41.3. The van der Waals surface area contributed by atoms with Crippen LogP contribution in [0.15, 0.2) is 52.3 Å². The van der Waals surface area contributed by atoms with Gasteiger partial charge in [-0.05, 0) is 42.1 Å². The van der Waals surface area contributed by atoms with Crippen molar-refractivity contribution < 1.29 is 79.3 Å². The SMILES string of the molecule is CCC(N)C1=Nc2ccsc2C=C(C(=O)NCc2ccc(CN(C)CCOCCOCCOCCOCCOCCOCCOCCOCCOCCOCCC(=O)Oc3c(F)c(F)cc(F)c3F)cc2)C1. The lowest BCUT2D eigenvalue weighted by atomic mass is 10.0. The summed E-state index contributed by atoms with van der Waals surface area (Å²) in [5.41, 5.74) is 10.9. The van der Waals surface area contributed by atoms with Crippen molar-refractivity contribution in [2.45, 2.75) is 45.3 Å². The second-order valence-electron chi connectivity index (χ2n) is 16.0. The number of likely N-dealkylation sites (N-methyl/N-ethyl adjacent to an activating group) is 1. The Morgan fingerprint density at radius 3 is 1.58 bits per heavy atom. The van der Waals surface area contributed by atoms with Gasteiger partial charge in [0.15, 0.2) is 11.6 Å². The first-order chi connectivity index (χ1) is 35.0. The van der Waals surface area contributed by atoms with Crippen LogP contribution in [-0.4, -0.2) is 174 Å². The Hall–Kier alpha value is -4.27. The predicted octanol–water partition coefficient (Wildman–Crippen LogP) is 5.81. The number of carbonyl (C=O) groups is 2. The van der Waals surface area contributed by atoms with E-state index in [2.05, 4.69) is 34.1 Å². The van der Waals surface area contributed by atoms with Gasteiger partial charge in [-0.15, -0.1) is 11.3 Å². The number of carbonyl (C=O) groups excluding carboxylic acids is 2. The van der Waals surface area contributed by atoms with E-state index in [1.807, 2.05) is 36.6 Å². The van der Waals surface area contributed by atoms with Gasteiger partial charge in [0.25, 0.3) is 0 Å². The Balaban J connectivity index is 0.822. The third-order valence-corrected chi connectivity index (χ3v) is 11.3. The molecule has 0 spiro atoms. The highest BCUT2D eigenvalue weighted by molar-refractivity contribution is 7.11. The van der Waals surface area contributed by atoms with E-state index in [-0.39, 0.29) is 37.8 Å². The number of esters is 1. The molecule has 1 amide bonds. The minimum atomic E-state index is -1.80. The van der Waals surface area contributed by atoms with Gasteiger partial charge >= 0.3 is 5.97 Å². The molecular formula is C50H70F4N4O13S. The molecule has 2 aromatic carbocycles. The van der Waals surface area contributed by atoms with Gasteiger partial charge in [-0.25, -0.2) is 8.78 Å². The van der Waals surface area contributed by atoms with Crippen molar-refractivity contribution in [2.75, 3.05) is 146 Å². The molecule has 1 aliphatic rings. The minimum absolute atomic E-state index is 0.0181. The summed E-state index contributed by atoms with van der Waals surface area (Å²) in [5, 5.41) is 5.05. The monoisotopic (exact) mass is 1040 g/mol. The summed E-state index contributed by atoms with van der Waals surface area (Å²) in [4.78, 5) is 32.8. The minimum Gasteiger partial charge on any atom is -0.420 e. The Labute approximate surface area is 423 Å². The highest BCUT2D eigenvalue weighted by atomic mass is 32.1. The number of benzene rings is 2. The van der Waals surface area contributed by atoms with Crippen molar-refractivity contribution in [3.05, 3.63) is 86.6 Å². The van der Waals surface area contributed by atoms with Crippen LogP contribution >= 0.6 is 11.3 Å². The first-order valence-corrected chi connectivity index (χ1v) is 24.9. The quantitative estimate of drug-likeness (QED) is 0.0228. The van der Waals surface area contributed by atoms with Crippen LogP contribution in [0.5, 0.6) is 5.75 Å². The van der Waals surface area contributed by atoms with Gasteiger partial charge in [-0.2, -0.15) is 8.78 Å². The summed E-state index contributed by atoms with van der Waals surface area (Å²) in [6, 6.07) is 10.1. The molecule has 0 fully saturated rings. The van der Waals surface area contributed by atoms with Crippen LogP contribution in [0.1, 0.15) is 42.2 Å². The van der Waals surface area contributed by atoms with Crippen molar-refractivity contribution >= 4 is 40.7 Å². The molecule has 402 valence electrons. The average Bonchev–Trinajstić information content (AvgIpc) is 3.73. The first kappa shape index (κ1) is 60.3. The zero-order valence-corrected chi connectivity index (χ0v) is 42.1. The van der Waals surface area contributed by atoms with E-state index in [1.165, 1.54) is 5.56 Å². The molecule has 3 aromatic rings. The van der Waals surface area contributed by atoms with Crippen molar-refractivity contribution in [3.8, 4) is 5.75 Å². The highest BCUT2D eigenvalue weighted by Gasteiger charge is 2.24. The molecule has 0 saturated carbocycles. The van der Waals surface area contributed by atoms with Crippen LogP contribution in [0.2, 0.25) is 0 Å². The van der Waals surface area contributed by atoms with Gasteiger partial charge in [-0.1, -0.05) is 31.2 Å². The Bertz CT molecular complexity index is 2040. The van der Waals surface area contributed by atoms with Crippen molar-refractivity contribution in [2.24, 2.45) is 10.7 Å². The lowest BCUT2D eigenvalue weighted by molar-refractivity contribution is -0.136. The van der Waals surface area contributed by atoms with E-state index in [0.29, 0.717) is 131 Å². The lowest BCUT2D eigenvalue weighted by Gasteiger charge is -2.17. The van der Waals surface area contributed by atoms with Gasteiger partial charge < -0.3 is 63.2 Å². The van der Waals surface area contributed by atoms with Gasteiger partial charge in [0.05, 0.1) is 149 Å². The van der Waals surface area contributed by atoms with E-state index >= 15 is 0 Å². The van der Waals surface area contributed by atoms with Crippen LogP contribution in [0.25, 0.3) is 6.08 Å². The number of fused-ring (bicyclic) bond motifs is 1. The Morgan fingerprint density at radius 2 is 1.11 bits per heavy atom. The fourth-order valence-electron chi connectivity index (χ4n) is 6.42. The van der Waals surface area contributed by atoms with E-state index in [9.17, 15) is 27.2 Å². The van der Waals surface area contributed by atoms with E-state index in [1.54, 1.807) is 11.3 Å². The number of halogens is 4. The number of nitrogens with zero attached hydrogens (tertiary/aromatic N) is 2. The fraction of sp³-hybridized carbons (Fsp3) is 0.580. The molecule has 3 N–H and O–H groups in total. The van der Waals surface area contributed by atoms with E-state index in [4.69, 9.17) is 58.1 Å². The van der Waals surface area contributed by atoms with E-state index < -0.39 is 41.4 Å². The smallest absolute Gasteiger partial charge is 0.313 e. The van der Waals surface area contributed by atoms with Crippen LogP contribution in [0.3, 0.4) is 0 Å². The zero-order chi connectivity index (χ0) is 51.6. The molecular weight excluding hydrogens is 973 g/mol. The number of rotatable bonds is 41. The maximum Gasteiger partial charge on any atom is 0.313 e. The number of hydrogen-bond donors (Lipinski definition) is 2. The number of thiophene rings is 1. The van der Waals surface area contributed by atoms with Gasteiger partial charge in [0.1, 0.15) is 0 Å². The van der Waals surface area contributed by atoms with Crippen molar-refractivity contribution in [1.82, 2.24) is 10.2 Å². The van der Waals surface area contributed by atoms with Crippen LogP contribution in [-0.2, 0) is 70.0 Å². The number of aliphatic imine (C=N–C) groups is 1. The first-order valence-electron chi connectivity index (χ1n) is 24.0. The molecule has 2 heterocycles. The highest BCUT2D eigenvalue weighted by Crippen LogP contribution is 2.32. The number of amides is 1. The second kappa shape index (κ2) is 36.6. The molecule has 0 bridgehead atoms. The van der Waals surface area contributed by atoms with Gasteiger partial charge in [0, 0.05) is 49.4 Å². The number of hydrogen-bond acceptors (Lipinski definition) is 17. The molecule has 4 rings (SSSR count). The molecule has 0 saturated heterocycles. The fourth-order valence-corrected chi connectivity index (χ4v) is 7.21. The summed E-state index contributed by atoms with van der Waals surface area (Å²) in [6.45, 7) is 11.5. The van der Waals surface area contributed by atoms with Gasteiger partial charge in [0.2, 0.25) is 23.3 Å². The lowest BCUT2D eigenvalue weighted by Crippen LogP contribution is -2.32. The molecule has 72 heavy (non-hydrogen) atoms. The van der Waals surface area contributed by atoms with Crippen molar-refractivity contribution in [1.29, 1.82) is 0 Å². The second-order valence-corrected chi connectivity index (χ2v) is 17.0. The molecule has 0 aliphatic carbocycles. The molecule has 1 unspecified atom stereocenters. The maximum absolute atomic E-state index is 13.6. The molecule has 1 aromatic heterocycles. The predicted molar refractivity (Wildman–Crippen MR) is 262 cm³/mol. The third-order valence-electron chi connectivity index (χ3n) is 10.4. The van der Waals surface area contributed by atoms with Crippen LogP contribution in [0, 0.1) is 23.3 Å². The molecule has 22 heteroatoms. The molecule has 0 radical (unpaired) electrons. The summed E-state index contributed by atoms with van der Waals surface area (Å²) in [7, 11) is 2.05. The molecule has 17 nitrogen and oxygen atoms in total. The summed E-state index contributed by atoms with van der Waals surface area (Å²) in [6.07, 6.45) is 2.74. The van der Waals surface area contributed by atoms with E-state index in [0.717, 1.165) is 41.4 Å². The summed E-state index contributed by atoms with van der Waals surface area (Å²) in [5.74, 6) is -9.61. The molecule has 1 atom stereocenters. The van der Waals surface area contributed by atoms with Gasteiger partial charge in [-0.3, -0.25) is 19.5 Å². The summed E-state index contributed by atoms with van der Waals surface area (Å²) >= 11 is 1.57. The summed E-state index contributed by atoms with van der Waals surface area (Å²) < 4.78 is 113. The van der Waals surface area contributed by atoms with Crippen LogP contribution in [0.4, 0.5) is 23.2 Å². The number of nitrogens with one attached hydrogen (secondary N) is 1. The average molecular weight is 1040 g/mol. The van der Waals surface area contributed by atoms with Crippen LogP contribution < -0.4 is 15.8 Å². The normalized spacial score (nSPS) is 12.9. The maximum atomic E-state index is 13.6. The third kappa shape index (κ3) is 24.6. The molecule has 1 aliphatic heterocycles. The largest absolute Gasteiger partial charge is 0.420 e. The topological polar surface area (TPSA) is 189 Å². The Morgan fingerprint density at radius 1 is 0.667 bits per heavy atom. The number of nitrogens with two attached hydrogens (primary N) is 1. The Kier molecular flexibility index (Phi) is 30.7. The van der Waals surface area contributed by atoms with Crippen molar-refractivity contribution in [3.63, 3.8) is 0 Å².